The van der Waals surface area contributed by atoms with Gasteiger partial charge in [0.05, 0.1) is 0 Å². The van der Waals surface area contributed by atoms with Crippen molar-refractivity contribution in [3.63, 3.8) is 0 Å². The number of hydrogen-bond donors (Lipinski definition) is 2. The molecule has 4 nitrogen and oxygen atoms in total. The van der Waals surface area contributed by atoms with E-state index >= 15 is 0 Å². The van der Waals surface area contributed by atoms with Crippen molar-refractivity contribution in [1.82, 2.24) is 10.6 Å². The van der Waals surface area contributed by atoms with Gasteiger partial charge in [-0.3, -0.25) is 9.59 Å². The summed E-state index contributed by atoms with van der Waals surface area (Å²) in [6.45, 7) is 4.03. The highest BCUT2D eigenvalue weighted by Crippen LogP contribution is 2.23. The largest absolute Gasteiger partial charge is 0.352 e. The van der Waals surface area contributed by atoms with E-state index in [1.165, 1.54) is 13.8 Å². The maximum absolute atomic E-state index is 11.0. The molecule has 2 aromatic rings. The molecule has 104 valence electrons. The van der Waals surface area contributed by atoms with Gasteiger partial charge in [-0.2, -0.15) is 0 Å². The molecule has 0 unspecified atom stereocenters. The predicted octanol–water partition coefficient (Wildman–Crippen LogP) is 2.11. The lowest BCUT2D eigenvalue weighted by molar-refractivity contribution is -0.120. The Morgan fingerprint density at radius 2 is 1.20 bits per heavy atom. The molecule has 2 aromatic carbocycles. The van der Waals surface area contributed by atoms with Gasteiger partial charge in [-0.05, 0) is 21.9 Å². The van der Waals surface area contributed by atoms with Crippen LogP contribution in [-0.4, -0.2) is 11.8 Å². The highest BCUT2D eigenvalue weighted by Gasteiger charge is 2.06. The van der Waals surface area contributed by atoms with Gasteiger partial charge in [-0.25, -0.2) is 0 Å². The second-order valence-corrected chi connectivity index (χ2v) is 4.75. The van der Waals surface area contributed by atoms with Crippen LogP contribution in [0.5, 0.6) is 0 Å². The van der Waals surface area contributed by atoms with E-state index in [2.05, 4.69) is 10.6 Å². The molecule has 0 radical (unpaired) electrons. The van der Waals surface area contributed by atoms with Gasteiger partial charge in [0.2, 0.25) is 11.8 Å². The van der Waals surface area contributed by atoms with E-state index < -0.39 is 0 Å². The van der Waals surface area contributed by atoms with Crippen LogP contribution in [-0.2, 0) is 22.7 Å². The van der Waals surface area contributed by atoms with Crippen molar-refractivity contribution in [2.45, 2.75) is 26.9 Å². The van der Waals surface area contributed by atoms with Gasteiger partial charge in [-0.1, -0.05) is 36.4 Å². The standard InChI is InChI=1S/C16H18N2O2/c1-11(19)17-9-13-7-8-14(10-18-12(2)20)16-6-4-3-5-15(13)16/h3-8H,9-10H2,1-2H3,(H,17,19)(H,18,20). The normalized spacial score (nSPS) is 10.3. The Kier molecular flexibility index (Phi) is 4.35. The second kappa shape index (κ2) is 6.19. The zero-order valence-corrected chi connectivity index (χ0v) is 11.7. The molecule has 0 heterocycles. The van der Waals surface area contributed by atoms with Crippen LogP contribution >= 0.6 is 0 Å². The van der Waals surface area contributed by atoms with Crippen LogP contribution in [0.4, 0.5) is 0 Å². The molecule has 0 fully saturated rings. The van der Waals surface area contributed by atoms with E-state index in [1.54, 1.807) is 0 Å². The molecule has 20 heavy (non-hydrogen) atoms. The predicted molar refractivity (Wildman–Crippen MR) is 79.0 cm³/mol. The fourth-order valence-corrected chi connectivity index (χ4v) is 2.17. The zero-order chi connectivity index (χ0) is 14.5. The van der Waals surface area contributed by atoms with Crippen LogP contribution in [0.1, 0.15) is 25.0 Å². The third-order valence-electron chi connectivity index (χ3n) is 3.16. The van der Waals surface area contributed by atoms with E-state index in [0.29, 0.717) is 13.1 Å². The number of nitrogens with one attached hydrogen (secondary N) is 2. The van der Waals surface area contributed by atoms with Gasteiger partial charge >= 0.3 is 0 Å². The van der Waals surface area contributed by atoms with Gasteiger partial charge in [0.1, 0.15) is 0 Å². The SMILES string of the molecule is CC(=O)NCc1ccc(CNC(C)=O)c2ccccc12. The van der Waals surface area contributed by atoms with Gasteiger partial charge in [0.15, 0.2) is 0 Å². The summed E-state index contributed by atoms with van der Waals surface area (Å²) in [6, 6.07) is 12.0. The summed E-state index contributed by atoms with van der Waals surface area (Å²) in [7, 11) is 0. The van der Waals surface area contributed by atoms with Crippen LogP contribution in [0.2, 0.25) is 0 Å². The summed E-state index contributed by atoms with van der Waals surface area (Å²) in [6.07, 6.45) is 0. The van der Waals surface area contributed by atoms with E-state index in [4.69, 9.17) is 0 Å². The molecule has 0 bridgehead atoms. The molecule has 0 aliphatic carbocycles. The minimum atomic E-state index is -0.0450. The topological polar surface area (TPSA) is 58.2 Å². The highest BCUT2D eigenvalue weighted by atomic mass is 16.1. The average molecular weight is 270 g/mol. The molecular formula is C16H18N2O2. The maximum Gasteiger partial charge on any atom is 0.217 e. The van der Waals surface area contributed by atoms with Gasteiger partial charge in [0.25, 0.3) is 0 Å². The van der Waals surface area contributed by atoms with Crippen molar-refractivity contribution in [1.29, 1.82) is 0 Å². The Labute approximate surface area is 118 Å². The molecule has 2 rings (SSSR count). The summed E-state index contributed by atoms with van der Waals surface area (Å²) in [4.78, 5) is 22.1. The summed E-state index contributed by atoms with van der Waals surface area (Å²) in [5, 5.41) is 7.83. The molecular weight excluding hydrogens is 252 g/mol. The van der Waals surface area contributed by atoms with Gasteiger partial charge in [-0.15, -0.1) is 0 Å². The monoisotopic (exact) mass is 270 g/mol. The number of benzene rings is 2. The number of carbonyl (C=O) groups is 2. The van der Waals surface area contributed by atoms with Crippen LogP contribution < -0.4 is 10.6 Å². The molecule has 0 saturated carbocycles. The van der Waals surface area contributed by atoms with Crippen molar-refractivity contribution in [2.24, 2.45) is 0 Å². The summed E-state index contributed by atoms with van der Waals surface area (Å²) in [5.41, 5.74) is 2.14. The molecule has 0 spiro atoms. The summed E-state index contributed by atoms with van der Waals surface area (Å²) < 4.78 is 0. The fraction of sp³-hybridized carbons (Fsp3) is 0.250. The molecule has 0 atom stereocenters. The van der Waals surface area contributed by atoms with Gasteiger partial charge < -0.3 is 10.6 Å². The van der Waals surface area contributed by atoms with Gasteiger partial charge in [0, 0.05) is 26.9 Å². The number of hydrogen-bond acceptors (Lipinski definition) is 2. The first-order valence-corrected chi connectivity index (χ1v) is 6.56. The Morgan fingerprint density at radius 1 is 0.800 bits per heavy atom. The molecule has 0 saturated heterocycles. The lowest BCUT2D eigenvalue weighted by atomic mass is 9.99. The molecule has 2 amide bonds. The van der Waals surface area contributed by atoms with Crippen LogP contribution in [0, 0.1) is 0 Å². The zero-order valence-electron chi connectivity index (χ0n) is 11.7. The lowest BCUT2D eigenvalue weighted by Gasteiger charge is -2.12. The first-order valence-electron chi connectivity index (χ1n) is 6.56. The van der Waals surface area contributed by atoms with E-state index in [-0.39, 0.29) is 11.8 Å². The quantitative estimate of drug-likeness (QED) is 0.894. The number of fused-ring (bicyclic) bond motifs is 1. The Bertz CT molecular complexity index is 593. The molecule has 0 aliphatic rings. The first kappa shape index (κ1) is 14.1. The van der Waals surface area contributed by atoms with Crippen molar-refractivity contribution >= 4 is 22.6 Å². The summed E-state index contributed by atoms with van der Waals surface area (Å²) >= 11 is 0. The number of carbonyl (C=O) groups excluding carboxylic acids is 2. The van der Waals surface area contributed by atoms with Crippen molar-refractivity contribution in [2.75, 3.05) is 0 Å². The Hall–Kier alpha value is -2.36. The number of rotatable bonds is 4. The van der Waals surface area contributed by atoms with Crippen LogP contribution in [0.3, 0.4) is 0 Å². The van der Waals surface area contributed by atoms with E-state index in [9.17, 15) is 9.59 Å². The van der Waals surface area contributed by atoms with Crippen molar-refractivity contribution in [3.05, 3.63) is 47.5 Å². The average Bonchev–Trinajstić information content (AvgIpc) is 2.43. The second-order valence-electron chi connectivity index (χ2n) is 4.75. The number of amides is 2. The minimum Gasteiger partial charge on any atom is -0.352 e. The van der Waals surface area contributed by atoms with E-state index in [1.807, 2.05) is 36.4 Å². The highest BCUT2D eigenvalue weighted by molar-refractivity contribution is 5.89. The van der Waals surface area contributed by atoms with Crippen LogP contribution in [0.15, 0.2) is 36.4 Å². The third-order valence-corrected chi connectivity index (χ3v) is 3.16. The molecule has 2 N–H and O–H groups in total. The maximum atomic E-state index is 11.0. The summed E-state index contributed by atoms with van der Waals surface area (Å²) in [5.74, 6) is -0.0900. The fourth-order valence-electron chi connectivity index (χ4n) is 2.17. The lowest BCUT2D eigenvalue weighted by Crippen LogP contribution is -2.20. The van der Waals surface area contributed by atoms with Crippen LogP contribution in [0.25, 0.3) is 10.8 Å². The molecule has 4 heteroatoms. The Balaban J connectivity index is 2.36. The van der Waals surface area contributed by atoms with Crippen molar-refractivity contribution < 1.29 is 9.59 Å². The minimum absolute atomic E-state index is 0.0450. The Morgan fingerprint density at radius 3 is 1.55 bits per heavy atom. The molecule has 0 aliphatic heterocycles. The first-order chi connectivity index (χ1) is 9.58. The smallest absolute Gasteiger partial charge is 0.217 e. The van der Waals surface area contributed by atoms with Crippen molar-refractivity contribution in [3.8, 4) is 0 Å². The third kappa shape index (κ3) is 3.35. The van der Waals surface area contributed by atoms with E-state index in [0.717, 1.165) is 21.9 Å². The molecule has 0 aromatic heterocycles.